The molecule has 84 valence electrons. The average Bonchev–Trinajstić information content (AvgIpc) is 2.11. The number of carboxylic acid groups (broad SMARTS) is 1. The van der Waals surface area contributed by atoms with Crippen molar-refractivity contribution in [3.8, 4) is 0 Å². The van der Waals surface area contributed by atoms with E-state index in [0.29, 0.717) is 0 Å². The van der Waals surface area contributed by atoms with Crippen molar-refractivity contribution in [3.63, 3.8) is 0 Å². The van der Waals surface area contributed by atoms with Crippen LogP contribution in [0.15, 0.2) is 0 Å². The van der Waals surface area contributed by atoms with Crippen LogP contribution in [0.3, 0.4) is 0 Å². The highest BCUT2D eigenvalue weighted by atomic mass is 32.3. The van der Waals surface area contributed by atoms with Crippen molar-refractivity contribution in [2.75, 3.05) is 13.7 Å². The lowest BCUT2D eigenvalue weighted by Gasteiger charge is -2.08. The van der Waals surface area contributed by atoms with E-state index < -0.39 is 29.1 Å². The van der Waals surface area contributed by atoms with Gasteiger partial charge in [-0.05, 0) is 6.42 Å². The Bertz CT molecular complexity index is 270. The number of carbonyl (C=O) groups is 1. The number of carboxylic acids is 1. The fraction of sp³-hybridized carbons (Fsp3) is 0.833. The van der Waals surface area contributed by atoms with Crippen LogP contribution >= 0.6 is 0 Å². The van der Waals surface area contributed by atoms with Crippen molar-refractivity contribution in [1.29, 1.82) is 0 Å². The normalized spacial score (nSPS) is 13.9. The minimum absolute atomic E-state index is 0.0748. The van der Waals surface area contributed by atoms with Crippen molar-refractivity contribution < 1.29 is 31.8 Å². The molecule has 0 amide bonds. The van der Waals surface area contributed by atoms with E-state index in [4.69, 9.17) is 10.2 Å². The van der Waals surface area contributed by atoms with Gasteiger partial charge in [0.1, 0.15) is 0 Å². The van der Waals surface area contributed by atoms with Gasteiger partial charge in [0.25, 0.3) is 0 Å². The molecule has 1 unspecified atom stereocenters. The van der Waals surface area contributed by atoms with Crippen LogP contribution in [0, 0.1) is 0 Å². The fourth-order valence-corrected chi connectivity index (χ4v) is 1.00. The zero-order valence-electron chi connectivity index (χ0n) is 7.54. The lowest BCUT2D eigenvalue weighted by molar-refractivity contribution is -0.137. The third kappa shape index (κ3) is 6.78. The zero-order chi connectivity index (χ0) is 11.2. The SMILES string of the molecule is COS(=O)(=O)OCC(O)CCC(=O)O. The predicted molar refractivity (Wildman–Crippen MR) is 44.8 cm³/mol. The van der Waals surface area contributed by atoms with Crippen molar-refractivity contribution in [2.45, 2.75) is 18.9 Å². The summed E-state index contributed by atoms with van der Waals surface area (Å²) < 4.78 is 29.3. The molecule has 0 aromatic heterocycles. The molecule has 0 heterocycles. The molecule has 0 aliphatic heterocycles. The first-order chi connectivity index (χ1) is 6.37. The van der Waals surface area contributed by atoms with Gasteiger partial charge in [-0.3, -0.25) is 8.98 Å². The number of aliphatic hydroxyl groups is 1. The van der Waals surface area contributed by atoms with Crippen molar-refractivity contribution in [3.05, 3.63) is 0 Å². The Morgan fingerprint density at radius 2 is 2.07 bits per heavy atom. The molecule has 8 heteroatoms. The number of aliphatic carboxylic acids is 1. The maximum absolute atomic E-state index is 10.6. The molecule has 0 fully saturated rings. The first kappa shape index (κ1) is 13.3. The first-order valence-electron chi connectivity index (χ1n) is 3.72. The molecule has 0 aliphatic carbocycles. The molecule has 2 N–H and O–H groups in total. The third-order valence-electron chi connectivity index (χ3n) is 1.30. The summed E-state index contributed by atoms with van der Waals surface area (Å²) in [5.41, 5.74) is 0. The van der Waals surface area contributed by atoms with Gasteiger partial charge < -0.3 is 10.2 Å². The van der Waals surface area contributed by atoms with E-state index in [1.165, 1.54) is 0 Å². The maximum atomic E-state index is 10.6. The van der Waals surface area contributed by atoms with Gasteiger partial charge in [-0.25, -0.2) is 4.18 Å². The maximum Gasteiger partial charge on any atom is 0.399 e. The van der Waals surface area contributed by atoms with Gasteiger partial charge in [0.05, 0.1) is 19.8 Å². The number of hydrogen-bond acceptors (Lipinski definition) is 6. The summed E-state index contributed by atoms with van der Waals surface area (Å²) in [5.74, 6) is -1.07. The molecule has 0 rings (SSSR count). The largest absolute Gasteiger partial charge is 0.481 e. The van der Waals surface area contributed by atoms with Gasteiger partial charge in [0.2, 0.25) is 0 Å². The summed E-state index contributed by atoms with van der Waals surface area (Å²) in [6, 6.07) is 0. The second-order valence-electron chi connectivity index (χ2n) is 2.45. The molecule has 0 saturated heterocycles. The lowest BCUT2D eigenvalue weighted by Crippen LogP contribution is -2.20. The third-order valence-corrected chi connectivity index (χ3v) is 2.13. The summed E-state index contributed by atoms with van der Waals surface area (Å²) >= 11 is 0. The smallest absolute Gasteiger partial charge is 0.399 e. The molecule has 1 atom stereocenters. The Hall–Kier alpha value is -0.700. The van der Waals surface area contributed by atoms with Crippen LogP contribution in [0.25, 0.3) is 0 Å². The van der Waals surface area contributed by atoms with E-state index in [2.05, 4.69) is 8.37 Å². The van der Waals surface area contributed by atoms with Gasteiger partial charge in [-0.2, -0.15) is 8.42 Å². The number of rotatable bonds is 7. The van der Waals surface area contributed by atoms with Crippen LogP contribution in [0.2, 0.25) is 0 Å². The highest BCUT2D eigenvalue weighted by Crippen LogP contribution is 2.01. The summed E-state index contributed by atoms with van der Waals surface area (Å²) in [6.07, 6.45) is -1.47. The van der Waals surface area contributed by atoms with E-state index in [9.17, 15) is 13.2 Å². The van der Waals surface area contributed by atoms with Crippen LogP contribution < -0.4 is 0 Å². The van der Waals surface area contributed by atoms with Crippen molar-refractivity contribution in [1.82, 2.24) is 0 Å². The molecule has 14 heavy (non-hydrogen) atoms. The molecule has 0 aromatic rings. The highest BCUT2D eigenvalue weighted by molar-refractivity contribution is 7.81. The van der Waals surface area contributed by atoms with Gasteiger partial charge in [0, 0.05) is 6.42 Å². The van der Waals surface area contributed by atoms with Crippen LogP contribution in [-0.4, -0.2) is 44.4 Å². The summed E-state index contributed by atoms with van der Waals surface area (Å²) in [7, 11) is -3.14. The van der Waals surface area contributed by atoms with E-state index in [1.807, 2.05) is 0 Å². The van der Waals surface area contributed by atoms with E-state index >= 15 is 0 Å². The lowest BCUT2D eigenvalue weighted by atomic mass is 10.2. The summed E-state index contributed by atoms with van der Waals surface area (Å²) in [4.78, 5) is 10.1. The molecule has 0 bridgehead atoms. The quantitative estimate of drug-likeness (QED) is 0.582. The van der Waals surface area contributed by atoms with E-state index in [0.717, 1.165) is 7.11 Å². The van der Waals surface area contributed by atoms with Gasteiger partial charge in [-0.1, -0.05) is 0 Å². The average molecular weight is 228 g/mol. The molecular formula is C6H12O7S. The monoisotopic (exact) mass is 228 g/mol. The zero-order valence-corrected chi connectivity index (χ0v) is 8.36. The molecule has 7 nitrogen and oxygen atoms in total. The topological polar surface area (TPSA) is 110 Å². The van der Waals surface area contributed by atoms with Gasteiger partial charge >= 0.3 is 16.4 Å². The Morgan fingerprint density at radius 1 is 1.50 bits per heavy atom. The minimum atomic E-state index is -4.06. The standard InChI is InChI=1S/C6H12O7S/c1-12-14(10,11)13-4-5(7)2-3-6(8)9/h5,7H,2-4H2,1H3,(H,8,9). The Kier molecular flexibility index (Phi) is 5.62. The Labute approximate surface area is 81.6 Å². The Balaban J connectivity index is 3.74. The molecule has 0 spiro atoms. The van der Waals surface area contributed by atoms with E-state index in [-0.39, 0.29) is 12.8 Å². The molecule has 0 radical (unpaired) electrons. The van der Waals surface area contributed by atoms with Crippen LogP contribution in [0.1, 0.15) is 12.8 Å². The second-order valence-corrected chi connectivity index (χ2v) is 3.83. The van der Waals surface area contributed by atoms with Gasteiger partial charge in [0.15, 0.2) is 0 Å². The van der Waals surface area contributed by atoms with Crippen molar-refractivity contribution in [2.24, 2.45) is 0 Å². The molecular weight excluding hydrogens is 216 g/mol. The highest BCUT2D eigenvalue weighted by Gasteiger charge is 2.14. The molecule has 0 aromatic carbocycles. The fourth-order valence-electron chi connectivity index (χ4n) is 0.583. The van der Waals surface area contributed by atoms with Gasteiger partial charge in [-0.15, -0.1) is 0 Å². The molecule has 0 aliphatic rings. The first-order valence-corrected chi connectivity index (χ1v) is 5.05. The predicted octanol–water partition coefficient (Wildman–Crippen LogP) is -0.880. The van der Waals surface area contributed by atoms with Crippen LogP contribution in [0.4, 0.5) is 0 Å². The summed E-state index contributed by atoms with van der Waals surface area (Å²) in [5, 5.41) is 17.3. The second kappa shape index (κ2) is 5.91. The van der Waals surface area contributed by atoms with Crippen molar-refractivity contribution >= 4 is 16.4 Å². The number of aliphatic hydroxyl groups excluding tert-OH is 1. The van der Waals surface area contributed by atoms with E-state index in [1.54, 1.807) is 0 Å². The summed E-state index contributed by atoms with van der Waals surface area (Å²) in [6.45, 7) is -0.510. The Morgan fingerprint density at radius 3 is 2.50 bits per heavy atom. The van der Waals surface area contributed by atoms with Crippen LogP contribution in [0.5, 0.6) is 0 Å². The molecule has 0 saturated carbocycles. The number of hydrogen-bond donors (Lipinski definition) is 2. The minimum Gasteiger partial charge on any atom is -0.481 e. The van der Waals surface area contributed by atoms with Crippen LogP contribution in [-0.2, 0) is 23.6 Å².